The second kappa shape index (κ2) is 7.27. The summed E-state index contributed by atoms with van der Waals surface area (Å²) in [5.41, 5.74) is 1.09. The molecule has 122 valence electrons. The lowest BCUT2D eigenvalue weighted by Gasteiger charge is -2.08. The second-order valence-electron chi connectivity index (χ2n) is 5.23. The van der Waals surface area contributed by atoms with Gasteiger partial charge in [0.2, 0.25) is 5.88 Å². The molecule has 0 saturated carbocycles. The molecule has 0 fully saturated rings. The van der Waals surface area contributed by atoms with E-state index in [1.165, 1.54) is 6.07 Å². The summed E-state index contributed by atoms with van der Waals surface area (Å²) in [6.07, 6.45) is 1.66. The van der Waals surface area contributed by atoms with E-state index in [9.17, 15) is 4.79 Å². The minimum Gasteiger partial charge on any atom is -0.437 e. The Hall–Kier alpha value is -2.66. The zero-order valence-corrected chi connectivity index (χ0v) is 13.9. The third-order valence-electron chi connectivity index (χ3n) is 3.32. The number of hydrogen-bond acceptors (Lipinski definition) is 4. The summed E-state index contributed by atoms with van der Waals surface area (Å²) < 4.78 is 5.72. The van der Waals surface area contributed by atoms with Gasteiger partial charge in [0.1, 0.15) is 11.4 Å². The molecule has 0 aliphatic carbocycles. The molecule has 0 unspecified atom stereocenters. The molecule has 1 aromatic carbocycles. The van der Waals surface area contributed by atoms with Gasteiger partial charge in [-0.05, 0) is 24.6 Å². The lowest BCUT2D eigenvalue weighted by atomic mass is 10.2. The topological polar surface area (TPSA) is 67.9 Å². The Labute approximate surface area is 144 Å². The van der Waals surface area contributed by atoms with Crippen LogP contribution in [0.3, 0.4) is 0 Å². The molecular weight excluding hydrogens is 326 g/mol. The number of aromatic nitrogens is 3. The van der Waals surface area contributed by atoms with Gasteiger partial charge in [0.15, 0.2) is 5.82 Å². The molecule has 0 saturated heterocycles. The smallest absolute Gasteiger partial charge is 0.251 e. The minimum atomic E-state index is -0.192. The van der Waals surface area contributed by atoms with Crippen molar-refractivity contribution in [2.24, 2.45) is 0 Å². The van der Waals surface area contributed by atoms with Crippen LogP contribution in [0.15, 0.2) is 53.3 Å². The summed E-state index contributed by atoms with van der Waals surface area (Å²) in [5, 5.41) is 0.501. The number of para-hydroxylation sites is 1. The van der Waals surface area contributed by atoms with Crippen LogP contribution in [0.1, 0.15) is 19.0 Å². The van der Waals surface area contributed by atoms with Crippen molar-refractivity contribution in [1.29, 1.82) is 0 Å². The van der Waals surface area contributed by atoms with Crippen molar-refractivity contribution < 1.29 is 4.74 Å². The molecule has 2 heterocycles. The number of aryl methyl sites for hydroxylation is 1. The summed E-state index contributed by atoms with van der Waals surface area (Å²) in [7, 11) is 0. The Morgan fingerprint density at radius 1 is 1.12 bits per heavy atom. The van der Waals surface area contributed by atoms with Gasteiger partial charge in [0.05, 0.1) is 5.02 Å². The number of rotatable bonds is 5. The van der Waals surface area contributed by atoms with E-state index in [1.54, 1.807) is 30.3 Å². The van der Waals surface area contributed by atoms with Crippen molar-refractivity contribution in [3.05, 3.63) is 69.6 Å². The number of pyridine rings is 1. The van der Waals surface area contributed by atoms with Crippen LogP contribution >= 0.6 is 11.6 Å². The predicted molar refractivity (Wildman–Crippen MR) is 93.6 cm³/mol. The zero-order valence-electron chi connectivity index (χ0n) is 13.1. The molecule has 5 nitrogen and oxygen atoms in total. The van der Waals surface area contributed by atoms with E-state index in [1.807, 2.05) is 19.1 Å². The molecular formula is C18H16ClN3O2. The molecule has 0 spiro atoms. The SMILES string of the molecule is CCCc1cc(=O)[nH]c(-c2cccc(Oc3ccccc3Cl)n2)n1. The summed E-state index contributed by atoms with van der Waals surface area (Å²) >= 11 is 6.09. The zero-order chi connectivity index (χ0) is 16.9. The van der Waals surface area contributed by atoms with Gasteiger partial charge >= 0.3 is 0 Å². The lowest BCUT2D eigenvalue weighted by molar-refractivity contribution is 0.463. The van der Waals surface area contributed by atoms with Gasteiger partial charge in [0, 0.05) is 17.8 Å². The van der Waals surface area contributed by atoms with Crippen molar-refractivity contribution in [1.82, 2.24) is 15.0 Å². The van der Waals surface area contributed by atoms with Crippen molar-refractivity contribution in [2.75, 3.05) is 0 Å². The van der Waals surface area contributed by atoms with Gasteiger partial charge in [-0.25, -0.2) is 9.97 Å². The van der Waals surface area contributed by atoms with Crippen LogP contribution in [-0.2, 0) is 6.42 Å². The molecule has 0 atom stereocenters. The third-order valence-corrected chi connectivity index (χ3v) is 3.63. The van der Waals surface area contributed by atoms with Gasteiger partial charge < -0.3 is 9.72 Å². The molecule has 6 heteroatoms. The van der Waals surface area contributed by atoms with Gasteiger partial charge in [0.25, 0.3) is 5.56 Å². The first-order valence-corrected chi connectivity index (χ1v) is 8.03. The van der Waals surface area contributed by atoms with E-state index in [-0.39, 0.29) is 5.56 Å². The fraction of sp³-hybridized carbons (Fsp3) is 0.167. The number of hydrogen-bond donors (Lipinski definition) is 1. The summed E-state index contributed by atoms with van der Waals surface area (Å²) in [4.78, 5) is 23.4. The van der Waals surface area contributed by atoms with Crippen molar-refractivity contribution in [2.45, 2.75) is 19.8 Å². The Kier molecular flexibility index (Phi) is 4.91. The molecule has 0 amide bonds. The molecule has 1 N–H and O–H groups in total. The first-order chi connectivity index (χ1) is 11.7. The van der Waals surface area contributed by atoms with Crippen LogP contribution in [-0.4, -0.2) is 15.0 Å². The quantitative estimate of drug-likeness (QED) is 0.754. The maximum absolute atomic E-state index is 11.8. The van der Waals surface area contributed by atoms with Crippen molar-refractivity contribution >= 4 is 11.6 Å². The molecule has 3 rings (SSSR count). The van der Waals surface area contributed by atoms with Crippen LogP contribution in [0, 0.1) is 0 Å². The van der Waals surface area contributed by atoms with Crippen LogP contribution in [0.2, 0.25) is 5.02 Å². The number of benzene rings is 1. The number of ether oxygens (including phenoxy) is 1. The van der Waals surface area contributed by atoms with Crippen LogP contribution in [0.25, 0.3) is 11.5 Å². The Morgan fingerprint density at radius 2 is 1.96 bits per heavy atom. The monoisotopic (exact) mass is 341 g/mol. The molecule has 3 aromatic rings. The molecule has 2 aromatic heterocycles. The van der Waals surface area contributed by atoms with E-state index in [0.717, 1.165) is 18.5 Å². The number of nitrogens with one attached hydrogen (secondary N) is 1. The average molecular weight is 342 g/mol. The second-order valence-corrected chi connectivity index (χ2v) is 5.64. The molecule has 24 heavy (non-hydrogen) atoms. The number of nitrogens with zero attached hydrogens (tertiary/aromatic N) is 2. The third kappa shape index (κ3) is 3.81. The average Bonchev–Trinajstić information content (AvgIpc) is 2.57. The predicted octanol–water partition coefficient (Wildman–Crippen LogP) is 4.23. The maximum Gasteiger partial charge on any atom is 0.251 e. The molecule has 0 radical (unpaired) electrons. The number of halogens is 1. The fourth-order valence-electron chi connectivity index (χ4n) is 2.26. The Bertz CT molecular complexity index is 909. The van der Waals surface area contributed by atoms with E-state index in [0.29, 0.717) is 28.2 Å². The van der Waals surface area contributed by atoms with E-state index in [2.05, 4.69) is 15.0 Å². The summed E-state index contributed by atoms with van der Waals surface area (Å²) in [6, 6.07) is 14.0. The first kappa shape index (κ1) is 16.2. The lowest BCUT2D eigenvalue weighted by Crippen LogP contribution is -2.11. The van der Waals surface area contributed by atoms with Crippen LogP contribution < -0.4 is 10.3 Å². The summed E-state index contributed by atoms with van der Waals surface area (Å²) in [5.74, 6) is 1.32. The fourth-order valence-corrected chi connectivity index (χ4v) is 2.43. The molecule has 0 bridgehead atoms. The highest BCUT2D eigenvalue weighted by atomic mass is 35.5. The molecule has 0 aliphatic heterocycles. The normalized spacial score (nSPS) is 10.6. The first-order valence-electron chi connectivity index (χ1n) is 7.66. The van der Waals surface area contributed by atoms with E-state index in [4.69, 9.17) is 16.3 Å². The highest BCUT2D eigenvalue weighted by molar-refractivity contribution is 6.32. The summed E-state index contributed by atoms with van der Waals surface area (Å²) in [6.45, 7) is 2.04. The maximum atomic E-state index is 11.8. The van der Waals surface area contributed by atoms with Crippen molar-refractivity contribution in [3.63, 3.8) is 0 Å². The van der Waals surface area contributed by atoms with Gasteiger partial charge in [-0.15, -0.1) is 0 Å². The standard InChI is InChI=1S/C18H16ClN3O2/c1-2-6-12-11-16(23)22-18(20-12)14-8-5-10-17(21-14)24-15-9-4-3-7-13(15)19/h3-5,7-11H,2,6H2,1H3,(H,20,22,23). The van der Waals surface area contributed by atoms with E-state index >= 15 is 0 Å². The van der Waals surface area contributed by atoms with Crippen molar-refractivity contribution in [3.8, 4) is 23.1 Å². The van der Waals surface area contributed by atoms with Crippen LogP contribution in [0.5, 0.6) is 11.6 Å². The minimum absolute atomic E-state index is 0.192. The van der Waals surface area contributed by atoms with Gasteiger partial charge in [-0.3, -0.25) is 4.79 Å². The molecule has 0 aliphatic rings. The highest BCUT2D eigenvalue weighted by Gasteiger charge is 2.08. The largest absolute Gasteiger partial charge is 0.437 e. The highest BCUT2D eigenvalue weighted by Crippen LogP contribution is 2.28. The Morgan fingerprint density at radius 3 is 2.75 bits per heavy atom. The number of aromatic amines is 1. The number of H-pyrrole nitrogens is 1. The van der Waals surface area contributed by atoms with Crippen LogP contribution in [0.4, 0.5) is 0 Å². The van der Waals surface area contributed by atoms with Gasteiger partial charge in [-0.2, -0.15) is 0 Å². The Balaban J connectivity index is 1.93. The van der Waals surface area contributed by atoms with E-state index < -0.39 is 0 Å². The van der Waals surface area contributed by atoms with Gasteiger partial charge in [-0.1, -0.05) is 43.1 Å².